The number of carbonyl (C=O) groups is 3. The quantitative estimate of drug-likeness (QED) is 0.0202. The van der Waals surface area contributed by atoms with Crippen LogP contribution in [0, 0.1) is 0 Å². The molecule has 322 valence electrons. The Labute approximate surface area is 334 Å². The minimum atomic E-state index is -4.75. The maximum Gasteiger partial charge on any atom is 0.472 e. The van der Waals surface area contributed by atoms with Crippen LogP contribution in [0.3, 0.4) is 0 Å². The number of nitrogens with one attached hydrogen (secondary N) is 1. The van der Waals surface area contributed by atoms with Gasteiger partial charge >= 0.3 is 19.8 Å². The lowest BCUT2D eigenvalue weighted by molar-refractivity contribution is -0.147. The van der Waals surface area contributed by atoms with Crippen molar-refractivity contribution in [3.05, 3.63) is 24.3 Å². The Hall–Kier alpha value is -2.04. The van der Waals surface area contributed by atoms with Crippen molar-refractivity contribution < 1.29 is 47.8 Å². The molecule has 3 atom stereocenters. The Balaban J connectivity index is 3.91. The SMILES string of the molecule is CCCCC/C=C\C/C=C\CCCCCCCCCC(=O)NC(COP(=O)(O)OCC(O)COC(=O)CCCCCCCCCCCCCCCC)C(=O)O. The van der Waals surface area contributed by atoms with E-state index in [-0.39, 0.29) is 12.8 Å². The van der Waals surface area contributed by atoms with Crippen molar-refractivity contribution in [1.82, 2.24) is 5.32 Å². The maximum absolute atomic E-state index is 12.3. The largest absolute Gasteiger partial charge is 0.480 e. The number of carbonyl (C=O) groups excluding carboxylic acids is 2. The first kappa shape index (κ1) is 53.0. The summed E-state index contributed by atoms with van der Waals surface area (Å²) in [5.74, 6) is -2.38. The Bertz CT molecular complexity index is 1040. The van der Waals surface area contributed by atoms with Crippen molar-refractivity contribution in [3.63, 3.8) is 0 Å². The van der Waals surface area contributed by atoms with Crippen LogP contribution in [0.4, 0.5) is 0 Å². The lowest BCUT2D eigenvalue weighted by Crippen LogP contribution is -2.43. The molecule has 11 nitrogen and oxygen atoms in total. The Kier molecular flexibility index (Phi) is 37.4. The number of aliphatic hydroxyl groups is 1. The molecule has 4 N–H and O–H groups in total. The Morgan fingerprint density at radius 3 is 1.51 bits per heavy atom. The number of hydrogen-bond donors (Lipinski definition) is 4. The van der Waals surface area contributed by atoms with E-state index >= 15 is 0 Å². The monoisotopic (exact) mass is 802 g/mol. The van der Waals surface area contributed by atoms with Gasteiger partial charge in [0.2, 0.25) is 5.91 Å². The predicted molar refractivity (Wildman–Crippen MR) is 222 cm³/mol. The van der Waals surface area contributed by atoms with Gasteiger partial charge in [-0.15, -0.1) is 0 Å². The highest BCUT2D eigenvalue weighted by atomic mass is 31.2. The van der Waals surface area contributed by atoms with Crippen molar-refractivity contribution in [1.29, 1.82) is 0 Å². The molecule has 0 aromatic heterocycles. The van der Waals surface area contributed by atoms with Crippen molar-refractivity contribution >= 4 is 25.7 Å². The van der Waals surface area contributed by atoms with Crippen LogP contribution in [0.5, 0.6) is 0 Å². The highest BCUT2D eigenvalue weighted by molar-refractivity contribution is 7.47. The first-order chi connectivity index (χ1) is 26.6. The molecule has 0 fully saturated rings. The lowest BCUT2D eigenvalue weighted by atomic mass is 10.0. The molecular formula is C43H80NO10P. The fraction of sp³-hybridized carbons (Fsp3) is 0.837. The van der Waals surface area contributed by atoms with E-state index in [1.807, 2.05) is 0 Å². The van der Waals surface area contributed by atoms with Gasteiger partial charge < -0.3 is 25.2 Å². The van der Waals surface area contributed by atoms with E-state index in [2.05, 4.69) is 43.5 Å². The molecule has 0 aliphatic carbocycles. The van der Waals surface area contributed by atoms with Gasteiger partial charge in [-0.05, 0) is 44.9 Å². The standard InChI is InChI=1S/C43H80NO10P/c1-3-5-7-9-11-13-15-17-19-20-21-22-24-26-28-30-32-34-41(46)44-40(43(48)49)38-54-55(50,51)53-37-39(45)36-52-42(47)35-33-31-29-27-25-23-18-16-14-12-10-8-6-4-2/h11,13,17,19,39-40,45H,3-10,12,14-16,18,20-38H2,1-2H3,(H,44,46)(H,48,49)(H,50,51)/b13-11-,19-17-. The molecule has 0 heterocycles. The lowest BCUT2D eigenvalue weighted by Gasteiger charge is -2.18. The van der Waals surface area contributed by atoms with Gasteiger partial charge in [-0.1, -0.05) is 167 Å². The second-order valence-corrected chi connectivity index (χ2v) is 16.3. The number of esters is 1. The number of phosphoric acid groups is 1. The molecule has 0 aliphatic rings. The van der Waals surface area contributed by atoms with E-state index in [0.717, 1.165) is 57.8 Å². The maximum atomic E-state index is 12.3. The van der Waals surface area contributed by atoms with Gasteiger partial charge in [0.05, 0.1) is 13.2 Å². The number of ether oxygens (including phenoxy) is 1. The van der Waals surface area contributed by atoms with Crippen LogP contribution in [0.15, 0.2) is 24.3 Å². The fourth-order valence-corrected chi connectivity index (χ4v) is 6.82. The first-order valence-corrected chi connectivity index (χ1v) is 23.4. The highest BCUT2D eigenvalue weighted by Crippen LogP contribution is 2.43. The van der Waals surface area contributed by atoms with Gasteiger partial charge in [0.1, 0.15) is 12.7 Å². The molecule has 0 saturated heterocycles. The van der Waals surface area contributed by atoms with Crippen molar-refractivity contribution in [2.24, 2.45) is 0 Å². The summed E-state index contributed by atoms with van der Waals surface area (Å²) in [6, 6.07) is -1.55. The van der Waals surface area contributed by atoms with Gasteiger partial charge in [-0.25, -0.2) is 9.36 Å². The number of amides is 1. The highest BCUT2D eigenvalue weighted by Gasteiger charge is 2.28. The van der Waals surface area contributed by atoms with E-state index in [0.29, 0.717) is 12.8 Å². The van der Waals surface area contributed by atoms with Gasteiger partial charge in [0.25, 0.3) is 0 Å². The molecule has 0 aromatic rings. The fourth-order valence-electron chi connectivity index (χ4n) is 6.05. The third-order valence-electron chi connectivity index (χ3n) is 9.49. The number of allylic oxidation sites excluding steroid dienone is 4. The second-order valence-electron chi connectivity index (χ2n) is 14.9. The summed E-state index contributed by atoms with van der Waals surface area (Å²) in [4.78, 5) is 45.9. The zero-order chi connectivity index (χ0) is 40.7. The predicted octanol–water partition coefficient (Wildman–Crippen LogP) is 11.1. The normalized spacial score (nSPS) is 14.0. The summed E-state index contributed by atoms with van der Waals surface area (Å²) in [5, 5.41) is 21.8. The summed E-state index contributed by atoms with van der Waals surface area (Å²) >= 11 is 0. The summed E-state index contributed by atoms with van der Waals surface area (Å²) in [6.45, 7) is 2.57. The minimum Gasteiger partial charge on any atom is -0.480 e. The number of carboxylic acids is 1. The van der Waals surface area contributed by atoms with Crippen molar-refractivity contribution in [2.75, 3.05) is 19.8 Å². The van der Waals surface area contributed by atoms with E-state index in [1.54, 1.807) is 0 Å². The third kappa shape index (κ3) is 38.6. The Morgan fingerprint density at radius 1 is 0.582 bits per heavy atom. The molecule has 1 amide bonds. The number of rotatable bonds is 41. The van der Waals surface area contributed by atoms with E-state index < -0.39 is 57.6 Å². The smallest absolute Gasteiger partial charge is 0.472 e. The number of aliphatic hydroxyl groups excluding tert-OH is 1. The summed E-state index contributed by atoms with van der Waals surface area (Å²) in [6.07, 6.45) is 39.1. The second kappa shape index (κ2) is 38.8. The van der Waals surface area contributed by atoms with E-state index in [4.69, 9.17) is 13.8 Å². The number of carboxylic acid groups (broad SMARTS) is 1. The molecule has 0 bridgehead atoms. The number of unbranched alkanes of at least 4 members (excludes halogenated alkanes) is 23. The van der Waals surface area contributed by atoms with Crippen molar-refractivity contribution in [3.8, 4) is 0 Å². The summed E-state index contributed by atoms with van der Waals surface area (Å²) < 4.78 is 26.8. The molecule has 3 unspecified atom stereocenters. The summed E-state index contributed by atoms with van der Waals surface area (Å²) in [5.41, 5.74) is 0. The van der Waals surface area contributed by atoms with Crippen LogP contribution in [0.25, 0.3) is 0 Å². The van der Waals surface area contributed by atoms with Crippen LogP contribution >= 0.6 is 7.82 Å². The van der Waals surface area contributed by atoms with Crippen molar-refractivity contribution in [2.45, 2.75) is 212 Å². The number of aliphatic carboxylic acids is 1. The van der Waals surface area contributed by atoms with Crippen LogP contribution in [-0.2, 0) is 32.7 Å². The zero-order valence-corrected chi connectivity index (χ0v) is 35.6. The van der Waals surface area contributed by atoms with Gasteiger partial charge in [-0.3, -0.25) is 18.6 Å². The van der Waals surface area contributed by atoms with Gasteiger partial charge in [0, 0.05) is 12.8 Å². The van der Waals surface area contributed by atoms with Gasteiger partial charge in [0.15, 0.2) is 6.04 Å². The van der Waals surface area contributed by atoms with Crippen LogP contribution in [-0.4, -0.2) is 64.9 Å². The third-order valence-corrected chi connectivity index (χ3v) is 10.4. The molecule has 0 spiro atoms. The van der Waals surface area contributed by atoms with Gasteiger partial charge in [-0.2, -0.15) is 0 Å². The molecule has 12 heteroatoms. The molecule has 0 rings (SSSR count). The molecular weight excluding hydrogens is 721 g/mol. The zero-order valence-electron chi connectivity index (χ0n) is 34.7. The molecule has 0 aromatic carbocycles. The van der Waals surface area contributed by atoms with E-state index in [1.165, 1.54) is 103 Å². The van der Waals surface area contributed by atoms with Crippen LogP contribution in [0.2, 0.25) is 0 Å². The number of phosphoric ester groups is 1. The Morgan fingerprint density at radius 2 is 1.00 bits per heavy atom. The average Bonchev–Trinajstić information content (AvgIpc) is 3.16. The molecule has 55 heavy (non-hydrogen) atoms. The average molecular weight is 802 g/mol. The van der Waals surface area contributed by atoms with E-state index in [9.17, 15) is 34.1 Å². The molecule has 0 radical (unpaired) electrons. The number of hydrogen-bond acceptors (Lipinski definition) is 8. The first-order valence-electron chi connectivity index (χ1n) is 21.9. The molecule has 0 aliphatic heterocycles. The topological polar surface area (TPSA) is 169 Å². The summed E-state index contributed by atoms with van der Waals surface area (Å²) in [7, 11) is -4.75. The van der Waals surface area contributed by atoms with Crippen LogP contribution in [0.1, 0.15) is 200 Å². The minimum absolute atomic E-state index is 0.138. The van der Waals surface area contributed by atoms with Crippen LogP contribution < -0.4 is 5.32 Å². The molecule has 0 saturated carbocycles.